The largest absolute Gasteiger partial charge is 0.325 e. The van der Waals surface area contributed by atoms with E-state index in [2.05, 4.69) is 5.32 Å². The van der Waals surface area contributed by atoms with Gasteiger partial charge in [-0.15, -0.1) is 0 Å². The van der Waals surface area contributed by atoms with Crippen LogP contribution < -0.4 is 5.32 Å². The van der Waals surface area contributed by atoms with E-state index in [0.717, 1.165) is 11.1 Å². The summed E-state index contributed by atoms with van der Waals surface area (Å²) in [6.45, 7) is 1.93. The second-order valence-electron chi connectivity index (χ2n) is 3.76. The lowest BCUT2D eigenvalue weighted by Gasteiger charge is -2.03. The van der Waals surface area contributed by atoms with Gasteiger partial charge in [-0.3, -0.25) is 9.59 Å². The van der Waals surface area contributed by atoms with Crippen molar-refractivity contribution in [2.45, 2.75) is 13.3 Å². The number of rotatable bonds is 4. The van der Waals surface area contributed by atoms with Gasteiger partial charge in [0.15, 0.2) is 0 Å². The molecule has 1 aliphatic rings. The Balaban J connectivity index is 2.51. The Morgan fingerprint density at radius 1 is 1.24 bits per heavy atom. The van der Waals surface area contributed by atoms with E-state index in [9.17, 15) is 9.59 Å². The van der Waals surface area contributed by atoms with Gasteiger partial charge in [0.2, 0.25) is 12.2 Å². The van der Waals surface area contributed by atoms with Crippen molar-refractivity contribution in [1.82, 2.24) is 5.32 Å². The Hall–Kier alpha value is -2.16. The third-order valence-electron chi connectivity index (χ3n) is 2.79. The van der Waals surface area contributed by atoms with E-state index in [1.807, 2.05) is 37.3 Å². The molecular weight excluding hydrogens is 214 g/mol. The first-order valence-electron chi connectivity index (χ1n) is 5.48. The number of carbonyl (C=O) groups excluding carboxylic acids is 2. The van der Waals surface area contributed by atoms with Crippen molar-refractivity contribution in [3.63, 3.8) is 0 Å². The molecule has 1 aliphatic carbocycles. The van der Waals surface area contributed by atoms with Crippen LogP contribution in [0.4, 0.5) is 0 Å². The summed E-state index contributed by atoms with van der Waals surface area (Å²) in [4.78, 5) is 22.6. The smallest absolute Gasteiger partial charge is 0.211 e. The summed E-state index contributed by atoms with van der Waals surface area (Å²) in [6.07, 6.45) is 5.10. The van der Waals surface area contributed by atoms with Crippen molar-refractivity contribution in [2.24, 2.45) is 0 Å². The van der Waals surface area contributed by atoms with Gasteiger partial charge in [-0.1, -0.05) is 36.4 Å². The predicted octanol–water partition coefficient (Wildman–Crippen LogP) is 2.31. The van der Waals surface area contributed by atoms with Crippen LogP contribution in [0.15, 0.2) is 42.1 Å². The van der Waals surface area contributed by atoms with Gasteiger partial charge in [0.1, 0.15) is 0 Å². The van der Waals surface area contributed by atoms with Crippen LogP contribution in [0.5, 0.6) is 0 Å². The summed E-state index contributed by atoms with van der Waals surface area (Å²) < 4.78 is 0. The molecule has 86 valence electrons. The van der Waals surface area contributed by atoms with Crippen LogP contribution in [-0.4, -0.2) is 12.2 Å². The molecule has 1 amide bonds. The highest BCUT2D eigenvalue weighted by molar-refractivity contribution is 6.21. The second kappa shape index (κ2) is 4.78. The minimum atomic E-state index is -0.104. The van der Waals surface area contributed by atoms with Crippen molar-refractivity contribution in [1.29, 1.82) is 0 Å². The molecule has 1 aromatic carbocycles. The first-order valence-corrected chi connectivity index (χ1v) is 5.48. The number of hydrogen-bond donors (Lipinski definition) is 1. The molecule has 3 nitrogen and oxygen atoms in total. The number of carbonyl (C=O) groups is 2. The number of Topliss-reactive ketones (excluding diaryl/α,β-unsaturated/α-hetero) is 1. The maximum Gasteiger partial charge on any atom is 0.211 e. The molecule has 0 atom stereocenters. The molecule has 0 saturated heterocycles. The highest BCUT2D eigenvalue weighted by atomic mass is 16.1. The van der Waals surface area contributed by atoms with Gasteiger partial charge in [0, 0.05) is 5.56 Å². The minimum Gasteiger partial charge on any atom is -0.325 e. The molecule has 0 saturated carbocycles. The lowest BCUT2D eigenvalue weighted by molar-refractivity contribution is -0.108. The van der Waals surface area contributed by atoms with Crippen LogP contribution in [0.25, 0.3) is 5.57 Å². The van der Waals surface area contributed by atoms with E-state index in [1.165, 1.54) is 0 Å². The van der Waals surface area contributed by atoms with Gasteiger partial charge in [-0.25, -0.2) is 0 Å². The highest BCUT2D eigenvalue weighted by Gasteiger charge is 2.28. The topological polar surface area (TPSA) is 46.2 Å². The van der Waals surface area contributed by atoms with Crippen molar-refractivity contribution in [3.05, 3.63) is 53.2 Å². The summed E-state index contributed by atoms with van der Waals surface area (Å²) in [5, 5.41) is 2.52. The van der Waals surface area contributed by atoms with E-state index in [4.69, 9.17) is 0 Å². The summed E-state index contributed by atoms with van der Waals surface area (Å²) in [7, 11) is 0. The maximum absolute atomic E-state index is 12.1. The van der Waals surface area contributed by atoms with Crippen LogP contribution >= 0.6 is 0 Å². The molecule has 0 aliphatic heterocycles. The second-order valence-corrected chi connectivity index (χ2v) is 3.76. The molecule has 0 bridgehead atoms. The quantitative estimate of drug-likeness (QED) is 0.633. The van der Waals surface area contributed by atoms with Gasteiger partial charge < -0.3 is 5.32 Å². The van der Waals surface area contributed by atoms with Crippen LogP contribution in [0.1, 0.15) is 29.3 Å². The number of allylic oxidation sites excluding steroid dienone is 4. The average molecular weight is 227 g/mol. The number of fused-ring (bicyclic) bond motifs is 1. The van der Waals surface area contributed by atoms with Crippen LogP contribution in [0, 0.1) is 0 Å². The number of nitrogens with one attached hydrogen (secondary N) is 1. The summed E-state index contributed by atoms with van der Waals surface area (Å²) >= 11 is 0. The molecule has 0 aromatic heterocycles. The molecule has 3 heteroatoms. The first kappa shape index (κ1) is 11.3. The molecule has 0 spiro atoms. The van der Waals surface area contributed by atoms with E-state index in [-0.39, 0.29) is 5.78 Å². The predicted molar refractivity (Wildman–Crippen MR) is 66.3 cm³/mol. The molecule has 0 fully saturated rings. The van der Waals surface area contributed by atoms with Crippen molar-refractivity contribution in [2.75, 3.05) is 0 Å². The number of hydrogen-bond acceptors (Lipinski definition) is 2. The molecule has 1 aromatic rings. The summed E-state index contributed by atoms with van der Waals surface area (Å²) in [5.41, 5.74) is 2.87. The van der Waals surface area contributed by atoms with E-state index in [1.54, 1.807) is 6.07 Å². The zero-order chi connectivity index (χ0) is 12.3. The number of benzene rings is 1. The minimum absolute atomic E-state index is 0.104. The van der Waals surface area contributed by atoms with Gasteiger partial charge in [0.05, 0.1) is 5.70 Å². The van der Waals surface area contributed by atoms with Gasteiger partial charge in [-0.05, 0) is 24.5 Å². The zero-order valence-electron chi connectivity index (χ0n) is 9.57. The third kappa shape index (κ3) is 1.91. The molecule has 1 N–H and O–H groups in total. The van der Waals surface area contributed by atoms with Crippen molar-refractivity contribution < 1.29 is 9.59 Å². The zero-order valence-corrected chi connectivity index (χ0v) is 9.57. The lowest BCUT2D eigenvalue weighted by atomic mass is 10.0. The molecule has 0 heterocycles. The molecular formula is C14H13NO2. The van der Waals surface area contributed by atoms with Crippen LogP contribution in [0.3, 0.4) is 0 Å². The van der Waals surface area contributed by atoms with E-state index in [0.29, 0.717) is 24.1 Å². The van der Waals surface area contributed by atoms with Crippen LogP contribution in [0.2, 0.25) is 0 Å². The van der Waals surface area contributed by atoms with Gasteiger partial charge >= 0.3 is 0 Å². The fourth-order valence-electron chi connectivity index (χ4n) is 2.01. The fourth-order valence-corrected chi connectivity index (χ4v) is 2.01. The molecule has 2 rings (SSSR count). The number of ketones is 1. The monoisotopic (exact) mass is 227 g/mol. The van der Waals surface area contributed by atoms with E-state index < -0.39 is 0 Å². The number of amides is 1. The van der Waals surface area contributed by atoms with Crippen LogP contribution in [-0.2, 0) is 4.79 Å². The van der Waals surface area contributed by atoms with Gasteiger partial charge in [-0.2, -0.15) is 0 Å². The Bertz CT molecular complexity index is 527. The fraction of sp³-hybridized carbons (Fsp3) is 0.143. The third-order valence-corrected chi connectivity index (χ3v) is 2.79. The normalized spacial score (nSPS) is 14.3. The first-order chi connectivity index (χ1) is 8.29. The Kier molecular flexibility index (Phi) is 3.19. The molecule has 17 heavy (non-hydrogen) atoms. The maximum atomic E-state index is 12.1. The standard InChI is InChI=1S/C14H13NO2/c1-2-3-6-11-10-7-4-5-8-12(10)14(17)13(11)15-9-16/h2-5,7-9H,6H2,1H3,(H,15,16,17). The van der Waals surface area contributed by atoms with Crippen molar-refractivity contribution in [3.8, 4) is 0 Å². The average Bonchev–Trinajstić information content (AvgIpc) is 2.62. The lowest BCUT2D eigenvalue weighted by Crippen LogP contribution is -2.16. The molecule has 0 radical (unpaired) electrons. The Labute approximate surface area is 99.8 Å². The summed E-state index contributed by atoms with van der Waals surface area (Å²) in [6, 6.07) is 7.41. The van der Waals surface area contributed by atoms with Gasteiger partial charge in [0.25, 0.3) is 0 Å². The summed E-state index contributed by atoms with van der Waals surface area (Å²) in [5.74, 6) is -0.104. The SMILES string of the molecule is CC=CCC1=C(NC=O)C(=O)c2ccccc21. The van der Waals surface area contributed by atoms with Crippen molar-refractivity contribution >= 4 is 17.8 Å². The Morgan fingerprint density at radius 2 is 1.94 bits per heavy atom. The highest BCUT2D eigenvalue weighted by Crippen LogP contribution is 2.33. The Morgan fingerprint density at radius 3 is 2.59 bits per heavy atom. The molecule has 0 unspecified atom stereocenters. The van der Waals surface area contributed by atoms with E-state index >= 15 is 0 Å².